The molecule has 0 atom stereocenters. The second-order valence-corrected chi connectivity index (χ2v) is 5.10. The second kappa shape index (κ2) is 6.98. The summed E-state index contributed by atoms with van der Waals surface area (Å²) in [4.78, 5) is 12.4. The number of nitrogens with one attached hydrogen (secondary N) is 1. The molecule has 1 heterocycles. The average molecular weight is 292 g/mol. The Hall–Kier alpha value is -0.390. The van der Waals surface area contributed by atoms with Crippen LogP contribution in [0.25, 0.3) is 0 Å². The van der Waals surface area contributed by atoms with Crippen LogP contribution in [0.2, 0.25) is 0 Å². The highest BCUT2D eigenvalue weighted by Gasteiger charge is 2.02. The first-order valence-corrected chi connectivity index (χ1v) is 6.50. The van der Waals surface area contributed by atoms with Gasteiger partial charge in [0, 0.05) is 27.8 Å². The highest BCUT2D eigenvalue weighted by Crippen LogP contribution is 2.19. The fourth-order valence-electron chi connectivity index (χ4n) is 1.12. The fourth-order valence-corrected chi connectivity index (χ4v) is 2.51. The first kappa shape index (κ1) is 12.7. The molecular formula is C10H14BrNO2S. The van der Waals surface area contributed by atoms with Gasteiger partial charge in [-0.1, -0.05) is 0 Å². The zero-order valence-corrected chi connectivity index (χ0v) is 10.7. The normalized spacial score (nSPS) is 10.3. The molecule has 0 aliphatic rings. The Bertz CT molecular complexity index is 314. The summed E-state index contributed by atoms with van der Waals surface area (Å²) in [5.74, 6) is 0.0490. The van der Waals surface area contributed by atoms with Gasteiger partial charge in [-0.2, -0.15) is 0 Å². The molecule has 5 heteroatoms. The van der Waals surface area contributed by atoms with Gasteiger partial charge in [-0.3, -0.25) is 4.79 Å². The van der Waals surface area contributed by atoms with Crippen LogP contribution in [0.1, 0.15) is 24.1 Å². The van der Waals surface area contributed by atoms with Crippen LogP contribution in [-0.4, -0.2) is 17.6 Å². The monoisotopic (exact) mass is 291 g/mol. The van der Waals surface area contributed by atoms with Gasteiger partial charge in [0.05, 0.1) is 6.54 Å². The Labute approximate surface area is 102 Å². The highest BCUT2D eigenvalue weighted by atomic mass is 79.9. The predicted octanol–water partition coefficient (Wildman–Crippen LogP) is 2.29. The SMILES string of the molecule is O=C(CCCCO)NCc1cc(Br)cs1. The number of rotatable bonds is 6. The van der Waals surface area contributed by atoms with Gasteiger partial charge in [0.25, 0.3) is 0 Å². The van der Waals surface area contributed by atoms with E-state index < -0.39 is 0 Å². The number of carbonyl (C=O) groups excluding carboxylic acids is 1. The molecule has 0 saturated carbocycles. The van der Waals surface area contributed by atoms with Crippen molar-refractivity contribution >= 4 is 33.2 Å². The lowest BCUT2D eigenvalue weighted by Crippen LogP contribution is -2.21. The molecule has 84 valence electrons. The van der Waals surface area contributed by atoms with E-state index in [2.05, 4.69) is 21.2 Å². The van der Waals surface area contributed by atoms with Gasteiger partial charge in [-0.05, 0) is 34.8 Å². The van der Waals surface area contributed by atoms with E-state index in [0.717, 1.165) is 15.8 Å². The molecule has 0 unspecified atom stereocenters. The quantitative estimate of drug-likeness (QED) is 0.790. The number of aliphatic hydroxyl groups excluding tert-OH is 1. The molecule has 1 aromatic rings. The first-order valence-electron chi connectivity index (χ1n) is 4.83. The minimum atomic E-state index is 0.0490. The number of halogens is 1. The number of hydrogen-bond acceptors (Lipinski definition) is 3. The van der Waals surface area contributed by atoms with Crippen LogP contribution in [0.4, 0.5) is 0 Å². The van der Waals surface area contributed by atoms with Crippen LogP contribution in [-0.2, 0) is 11.3 Å². The van der Waals surface area contributed by atoms with Gasteiger partial charge >= 0.3 is 0 Å². The average Bonchev–Trinajstić information content (AvgIpc) is 2.62. The lowest BCUT2D eigenvalue weighted by atomic mass is 10.2. The standard InChI is InChI=1S/C10H14BrNO2S/c11-8-5-9(15-7-8)6-12-10(14)3-1-2-4-13/h5,7,13H,1-4,6H2,(H,12,14). The van der Waals surface area contributed by atoms with E-state index in [1.54, 1.807) is 11.3 Å². The maximum absolute atomic E-state index is 11.3. The molecule has 0 fully saturated rings. The molecule has 2 N–H and O–H groups in total. The summed E-state index contributed by atoms with van der Waals surface area (Å²) in [6.07, 6.45) is 1.93. The summed E-state index contributed by atoms with van der Waals surface area (Å²) in [7, 11) is 0. The van der Waals surface area contributed by atoms with E-state index >= 15 is 0 Å². The lowest BCUT2D eigenvalue weighted by Gasteiger charge is -2.02. The third-order valence-corrected chi connectivity index (χ3v) is 3.59. The second-order valence-electron chi connectivity index (χ2n) is 3.19. The Balaban J connectivity index is 2.16. The molecule has 0 aromatic carbocycles. The first-order chi connectivity index (χ1) is 7.22. The number of hydrogen-bond donors (Lipinski definition) is 2. The smallest absolute Gasteiger partial charge is 0.220 e. The minimum Gasteiger partial charge on any atom is -0.396 e. The Morgan fingerprint density at radius 1 is 1.53 bits per heavy atom. The number of unbranched alkanes of at least 4 members (excludes halogenated alkanes) is 1. The van der Waals surface area contributed by atoms with Gasteiger partial charge in [0.1, 0.15) is 0 Å². The van der Waals surface area contributed by atoms with E-state index in [0.29, 0.717) is 19.4 Å². The van der Waals surface area contributed by atoms with E-state index in [-0.39, 0.29) is 12.5 Å². The van der Waals surface area contributed by atoms with Crippen LogP contribution in [0.5, 0.6) is 0 Å². The van der Waals surface area contributed by atoms with E-state index in [1.807, 2.05) is 11.4 Å². The molecule has 0 aliphatic heterocycles. The van der Waals surface area contributed by atoms with Gasteiger partial charge in [0.15, 0.2) is 0 Å². The molecule has 0 saturated heterocycles. The highest BCUT2D eigenvalue weighted by molar-refractivity contribution is 9.10. The van der Waals surface area contributed by atoms with Gasteiger partial charge in [0.2, 0.25) is 5.91 Å². The Morgan fingerprint density at radius 3 is 2.93 bits per heavy atom. The van der Waals surface area contributed by atoms with Crippen molar-refractivity contribution < 1.29 is 9.90 Å². The maximum atomic E-state index is 11.3. The van der Waals surface area contributed by atoms with Crippen molar-refractivity contribution in [2.24, 2.45) is 0 Å². The minimum absolute atomic E-state index is 0.0490. The summed E-state index contributed by atoms with van der Waals surface area (Å²) < 4.78 is 1.05. The van der Waals surface area contributed by atoms with Gasteiger partial charge < -0.3 is 10.4 Å². The van der Waals surface area contributed by atoms with E-state index in [1.165, 1.54) is 0 Å². The molecule has 15 heavy (non-hydrogen) atoms. The molecule has 0 bridgehead atoms. The van der Waals surface area contributed by atoms with Crippen LogP contribution in [0, 0.1) is 0 Å². The summed E-state index contributed by atoms with van der Waals surface area (Å²) >= 11 is 4.98. The van der Waals surface area contributed by atoms with Crippen LogP contribution >= 0.6 is 27.3 Å². The number of amides is 1. The molecule has 0 aliphatic carbocycles. The zero-order chi connectivity index (χ0) is 11.1. The van der Waals surface area contributed by atoms with Crippen molar-refractivity contribution in [1.29, 1.82) is 0 Å². The predicted molar refractivity (Wildman–Crippen MR) is 64.8 cm³/mol. The number of thiophene rings is 1. The van der Waals surface area contributed by atoms with Crippen LogP contribution in [0.15, 0.2) is 15.9 Å². The summed E-state index contributed by atoms with van der Waals surface area (Å²) in [6.45, 7) is 0.749. The van der Waals surface area contributed by atoms with Gasteiger partial charge in [-0.25, -0.2) is 0 Å². The Morgan fingerprint density at radius 2 is 2.33 bits per heavy atom. The largest absolute Gasteiger partial charge is 0.396 e. The summed E-state index contributed by atoms with van der Waals surface area (Å²) in [5.41, 5.74) is 0. The van der Waals surface area contributed by atoms with Crippen molar-refractivity contribution in [3.63, 3.8) is 0 Å². The van der Waals surface area contributed by atoms with Crippen LogP contribution < -0.4 is 5.32 Å². The van der Waals surface area contributed by atoms with Crippen molar-refractivity contribution in [1.82, 2.24) is 5.32 Å². The fraction of sp³-hybridized carbons (Fsp3) is 0.500. The van der Waals surface area contributed by atoms with Crippen LogP contribution in [0.3, 0.4) is 0 Å². The molecule has 1 aromatic heterocycles. The third-order valence-electron chi connectivity index (χ3n) is 1.89. The number of carbonyl (C=O) groups is 1. The van der Waals surface area contributed by atoms with Crippen molar-refractivity contribution in [2.75, 3.05) is 6.61 Å². The molecule has 3 nitrogen and oxygen atoms in total. The molecule has 1 amide bonds. The topological polar surface area (TPSA) is 49.3 Å². The van der Waals surface area contributed by atoms with Crippen molar-refractivity contribution in [3.8, 4) is 0 Å². The molecule has 0 spiro atoms. The van der Waals surface area contributed by atoms with E-state index in [4.69, 9.17) is 5.11 Å². The molecular weight excluding hydrogens is 278 g/mol. The Kier molecular flexibility index (Phi) is 5.90. The lowest BCUT2D eigenvalue weighted by molar-refractivity contribution is -0.121. The van der Waals surface area contributed by atoms with Crippen molar-refractivity contribution in [2.45, 2.75) is 25.8 Å². The van der Waals surface area contributed by atoms with E-state index in [9.17, 15) is 4.79 Å². The zero-order valence-electron chi connectivity index (χ0n) is 8.33. The summed E-state index contributed by atoms with van der Waals surface area (Å²) in [5, 5.41) is 13.4. The van der Waals surface area contributed by atoms with Crippen molar-refractivity contribution in [3.05, 3.63) is 20.8 Å². The molecule has 0 radical (unpaired) electrons. The third kappa shape index (κ3) is 5.30. The maximum Gasteiger partial charge on any atom is 0.220 e. The number of aliphatic hydroxyl groups is 1. The van der Waals surface area contributed by atoms with Gasteiger partial charge in [-0.15, -0.1) is 11.3 Å². The molecule has 1 rings (SSSR count). The summed E-state index contributed by atoms with van der Waals surface area (Å²) in [6, 6.07) is 2.00.